The van der Waals surface area contributed by atoms with Crippen molar-refractivity contribution in [3.63, 3.8) is 0 Å². The molecule has 1 saturated heterocycles. The molecule has 0 bridgehead atoms. The van der Waals surface area contributed by atoms with Crippen LogP contribution in [-0.2, 0) is 6.54 Å². The van der Waals surface area contributed by atoms with E-state index in [1.807, 2.05) is 36.4 Å². The zero-order chi connectivity index (χ0) is 19.8. The highest BCUT2D eigenvalue weighted by Crippen LogP contribution is 2.30. The summed E-state index contributed by atoms with van der Waals surface area (Å²) >= 11 is 0. The second kappa shape index (κ2) is 9.88. The van der Waals surface area contributed by atoms with Gasteiger partial charge in [0.15, 0.2) is 5.96 Å². The molecule has 3 rings (SSSR count). The lowest BCUT2D eigenvalue weighted by atomic mass is 10.2. The van der Waals surface area contributed by atoms with E-state index in [0.29, 0.717) is 12.6 Å². The first-order chi connectivity index (χ1) is 13.7. The quantitative estimate of drug-likeness (QED) is 0.569. The first-order valence-corrected chi connectivity index (χ1v) is 9.79. The number of nitrogens with one attached hydrogen (secondary N) is 2. The van der Waals surface area contributed by atoms with Crippen LogP contribution in [0.5, 0.6) is 11.5 Å². The van der Waals surface area contributed by atoms with Crippen molar-refractivity contribution in [2.24, 2.45) is 4.99 Å². The third-order valence-electron chi connectivity index (χ3n) is 4.90. The monoisotopic (exact) mass is 382 g/mol. The first-order valence-electron chi connectivity index (χ1n) is 9.79. The number of nitrogens with zero attached hydrogens (tertiary/aromatic N) is 2. The van der Waals surface area contributed by atoms with Gasteiger partial charge in [-0.3, -0.25) is 0 Å². The molecule has 2 aromatic carbocycles. The van der Waals surface area contributed by atoms with E-state index in [-0.39, 0.29) is 0 Å². The zero-order valence-corrected chi connectivity index (χ0v) is 16.9. The standard InChI is InChI=1S/C22H30N4O2/c1-4-23-22(24-15-17-9-5-7-11-20(17)27-2)25-18-13-14-26(16-18)19-10-6-8-12-21(19)28-3/h5-12,18H,4,13-16H2,1-3H3,(H2,23,24,25). The van der Waals surface area contributed by atoms with Gasteiger partial charge in [-0.25, -0.2) is 4.99 Å². The lowest BCUT2D eigenvalue weighted by Crippen LogP contribution is -2.44. The number of hydrogen-bond donors (Lipinski definition) is 2. The number of benzene rings is 2. The summed E-state index contributed by atoms with van der Waals surface area (Å²) in [5.41, 5.74) is 2.22. The topological polar surface area (TPSA) is 58.1 Å². The van der Waals surface area contributed by atoms with E-state index in [1.54, 1.807) is 14.2 Å². The number of para-hydroxylation sites is 3. The second-order valence-electron chi connectivity index (χ2n) is 6.75. The van der Waals surface area contributed by atoms with Crippen LogP contribution in [0.25, 0.3) is 0 Å². The molecule has 1 atom stereocenters. The highest BCUT2D eigenvalue weighted by Gasteiger charge is 2.25. The van der Waals surface area contributed by atoms with Crippen molar-refractivity contribution in [2.45, 2.75) is 25.9 Å². The fourth-order valence-corrected chi connectivity index (χ4v) is 3.50. The van der Waals surface area contributed by atoms with Gasteiger partial charge >= 0.3 is 0 Å². The predicted octanol–water partition coefficient (Wildman–Crippen LogP) is 3.04. The lowest BCUT2D eigenvalue weighted by Gasteiger charge is -2.22. The molecule has 1 fully saturated rings. The molecule has 28 heavy (non-hydrogen) atoms. The molecule has 0 radical (unpaired) electrons. The van der Waals surface area contributed by atoms with Gasteiger partial charge in [-0.05, 0) is 31.5 Å². The van der Waals surface area contributed by atoms with Crippen LogP contribution in [0.3, 0.4) is 0 Å². The van der Waals surface area contributed by atoms with Crippen molar-refractivity contribution in [2.75, 3.05) is 38.8 Å². The molecule has 2 aromatic rings. The van der Waals surface area contributed by atoms with Crippen molar-refractivity contribution in [3.05, 3.63) is 54.1 Å². The minimum atomic E-state index is 0.334. The minimum absolute atomic E-state index is 0.334. The Hall–Kier alpha value is -2.89. The number of guanidine groups is 1. The Labute approximate surface area is 167 Å². The summed E-state index contributed by atoms with van der Waals surface area (Å²) in [5, 5.41) is 6.93. The van der Waals surface area contributed by atoms with Gasteiger partial charge in [0.1, 0.15) is 11.5 Å². The summed E-state index contributed by atoms with van der Waals surface area (Å²) in [6, 6.07) is 16.5. The van der Waals surface area contributed by atoms with E-state index in [0.717, 1.165) is 54.8 Å². The maximum Gasteiger partial charge on any atom is 0.191 e. The van der Waals surface area contributed by atoms with Gasteiger partial charge in [0.25, 0.3) is 0 Å². The summed E-state index contributed by atoms with van der Waals surface area (Å²) in [7, 11) is 3.41. The molecule has 1 aliphatic rings. The SMILES string of the molecule is CCNC(=NCc1ccccc1OC)NC1CCN(c2ccccc2OC)C1. The van der Waals surface area contributed by atoms with Crippen LogP contribution in [0.15, 0.2) is 53.5 Å². The molecule has 0 saturated carbocycles. The van der Waals surface area contributed by atoms with Crippen LogP contribution in [0.1, 0.15) is 18.9 Å². The predicted molar refractivity (Wildman–Crippen MR) is 115 cm³/mol. The van der Waals surface area contributed by atoms with E-state index < -0.39 is 0 Å². The molecular formula is C22H30N4O2. The smallest absolute Gasteiger partial charge is 0.191 e. The Morgan fingerprint density at radius 3 is 2.54 bits per heavy atom. The van der Waals surface area contributed by atoms with Crippen molar-refractivity contribution in [1.29, 1.82) is 0 Å². The Morgan fingerprint density at radius 1 is 1.07 bits per heavy atom. The van der Waals surface area contributed by atoms with Crippen LogP contribution >= 0.6 is 0 Å². The molecule has 6 nitrogen and oxygen atoms in total. The number of ether oxygens (including phenoxy) is 2. The molecular weight excluding hydrogens is 352 g/mol. The Morgan fingerprint density at radius 2 is 1.79 bits per heavy atom. The molecule has 0 aromatic heterocycles. The molecule has 0 amide bonds. The molecule has 0 aliphatic carbocycles. The van der Waals surface area contributed by atoms with Crippen molar-refractivity contribution in [1.82, 2.24) is 10.6 Å². The van der Waals surface area contributed by atoms with Crippen molar-refractivity contribution < 1.29 is 9.47 Å². The fraction of sp³-hybridized carbons (Fsp3) is 0.409. The Kier molecular flexibility index (Phi) is 7.00. The molecule has 2 N–H and O–H groups in total. The van der Waals surface area contributed by atoms with Crippen LogP contribution < -0.4 is 25.0 Å². The molecule has 1 heterocycles. The summed E-state index contributed by atoms with van der Waals surface area (Å²) in [6.45, 7) is 5.38. The van der Waals surface area contributed by atoms with Gasteiger partial charge in [-0.2, -0.15) is 0 Å². The van der Waals surface area contributed by atoms with E-state index >= 15 is 0 Å². The van der Waals surface area contributed by atoms with Crippen molar-refractivity contribution >= 4 is 11.6 Å². The third kappa shape index (κ3) is 4.88. The second-order valence-corrected chi connectivity index (χ2v) is 6.75. The van der Waals surface area contributed by atoms with Gasteiger partial charge < -0.3 is 25.0 Å². The third-order valence-corrected chi connectivity index (χ3v) is 4.90. The largest absolute Gasteiger partial charge is 0.496 e. The summed E-state index contributed by atoms with van der Waals surface area (Å²) in [5.74, 6) is 2.62. The minimum Gasteiger partial charge on any atom is -0.496 e. The average molecular weight is 383 g/mol. The summed E-state index contributed by atoms with van der Waals surface area (Å²) in [4.78, 5) is 7.12. The van der Waals surface area contributed by atoms with E-state index in [4.69, 9.17) is 14.5 Å². The van der Waals surface area contributed by atoms with Gasteiger partial charge in [0, 0.05) is 31.2 Å². The van der Waals surface area contributed by atoms with Gasteiger partial charge in [-0.1, -0.05) is 30.3 Å². The first kappa shape index (κ1) is 19.9. The molecule has 1 unspecified atom stereocenters. The molecule has 1 aliphatic heterocycles. The average Bonchev–Trinajstić information content (AvgIpc) is 3.20. The summed E-state index contributed by atoms with van der Waals surface area (Å²) in [6.07, 6.45) is 1.05. The normalized spacial score (nSPS) is 16.8. The molecule has 150 valence electrons. The Bertz CT molecular complexity index is 794. The number of hydrogen-bond acceptors (Lipinski definition) is 4. The maximum atomic E-state index is 5.51. The highest BCUT2D eigenvalue weighted by atomic mass is 16.5. The summed E-state index contributed by atoms with van der Waals surface area (Å²) < 4.78 is 10.9. The van der Waals surface area contributed by atoms with Gasteiger partial charge in [-0.15, -0.1) is 0 Å². The number of methoxy groups -OCH3 is 2. The highest BCUT2D eigenvalue weighted by molar-refractivity contribution is 5.80. The van der Waals surface area contributed by atoms with Crippen LogP contribution in [0.2, 0.25) is 0 Å². The molecule has 6 heteroatoms. The fourth-order valence-electron chi connectivity index (χ4n) is 3.50. The van der Waals surface area contributed by atoms with E-state index in [1.165, 1.54) is 0 Å². The van der Waals surface area contributed by atoms with Crippen LogP contribution in [0.4, 0.5) is 5.69 Å². The van der Waals surface area contributed by atoms with Crippen LogP contribution in [-0.4, -0.2) is 45.9 Å². The number of anilines is 1. The van der Waals surface area contributed by atoms with Gasteiger partial charge in [0.05, 0.1) is 26.5 Å². The molecule has 0 spiro atoms. The van der Waals surface area contributed by atoms with E-state index in [9.17, 15) is 0 Å². The van der Waals surface area contributed by atoms with E-state index in [2.05, 4.69) is 34.6 Å². The van der Waals surface area contributed by atoms with Gasteiger partial charge in [0.2, 0.25) is 0 Å². The maximum absolute atomic E-state index is 5.51. The number of rotatable bonds is 7. The van der Waals surface area contributed by atoms with Crippen molar-refractivity contribution in [3.8, 4) is 11.5 Å². The van der Waals surface area contributed by atoms with Crippen LogP contribution in [0, 0.1) is 0 Å². The zero-order valence-electron chi connectivity index (χ0n) is 16.9. The number of aliphatic imine (C=N–C) groups is 1. The lowest BCUT2D eigenvalue weighted by molar-refractivity contribution is 0.410. The Balaban J connectivity index is 1.64.